The molecule has 0 fully saturated rings. The quantitative estimate of drug-likeness (QED) is 0.757. The Morgan fingerprint density at radius 1 is 1.11 bits per heavy atom. The van der Waals surface area contributed by atoms with Crippen LogP contribution in [0.15, 0.2) is 24.3 Å². The topological polar surface area (TPSA) is 49.3 Å². The zero-order valence-corrected chi connectivity index (χ0v) is 12.0. The predicted octanol–water partition coefficient (Wildman–Crippen LogP) is 3.01. The third-order valence-electron chi connectivity index (χ3n) is 3.32. The predicted molar refractivity (Wildman–Crippen MR) is 77.5 cm³/mol. The fourth-order valence-electron chi connectivity index (χ4n) is 2.20. The largest absolute Gasteiger partial charge is 0.392 e. The number of nitrogens with one attached hydrogen (secondary N) is 1. The zero-order valence-electron chi connectivity index (χ0n) is 12.0. The van der Waals surface area contributed by atoms with Gasteiger partial charge in [-0.3, -0.25) is 4.79 Å². The number of carbonyl (C=O) groups is 1. The maximum Gasteiger partial charge on any atom is 0.223 e. The van der Waals surface area contributed by atoms with E-state index in [1.54, 1.807) is 0 Å². The maximum absolute atomic E-state index is 12.1. The van der Waals surface area contributed by atoms with E-state index in [-0.39, 0.29) is 18.4 Å². The molecule has 0 unspecified atom stereocenters. The van der Waals surface area contributed by atoms with Gasteiger partial charge in [0.2, 0.25) is 5.91 Å². The molecule has 1 aromatic carbocycles. The highest BCUT2D eigenvalue weighted by Crippen LogP contribution is 2.14. The van der Waals surface area contributed by atoms with Gasteiger partial charge in [-0.25, -0.2) is 0 Å². The molecule has 2 N–H and O–H groups in total. The SMILES string of the molecule is CCCC(CCC)C(=O)NCc1ccc(CO)cc1. The molecule has 3 nitrogen and oxygen atoms in total. The second kappa shape index (κ2) is 8.70. The number of carbonyl (C=O) groups excluding carboxylic acids is 1. The lowest BCUT2D eigenvalue weighted by Gasteiger charge is -2.15. The van der Waals surface area contributed by atoms with E-state index in [4.69, 9.17) is 5.11 Å². The maximum atomic E-state index is 12.1. The van der Waals surface area contributed by atoms with E-state index in [2.05, 4.69) is 19.2 Å². The minimum atomic E-state index is 0.0573. The van der Waals surface area contributed by atoms with Crippen molar-refractivity contribution in [1.29, 1.82) is 0 Å². The molecule has 0 aliphatic rings. The lowest BCUT2D eigenvalue weighted by Crippen LogP contribution is -2.30. The summed E-state index contributed by atoms with van der Waals surface area (Å²) < 4.78 is 0. The minimum absolute atomic E-state index is 0.0573. The van der Waals surface area contributed by atoms with Gasteiger partial charge in [-0.1, -0.05) is 51.0 Å². The van der Waals surface area contributed by atoms with Crippen molar-refractivity contribution in [2.24, 2.45) is 5.92 Å². The van der Waals surface area contributed by atoms with Crippen molar-refractivity contribution >= 4 is 5.91 Å². The molecule has 0 heterocycles. The monoisotopic (exact) mass is 263 g/mol. The van der Waals surface area contributed by atoms with Gasteiger partial charge in [0, 0.05) is 12.5 Å². The molecule has 0 atom stereocenters. The third-order valence-corrected chi connectivity index (χ3v) is 3.32. The molecular weight excluding hydrogens is 238 g/mol. The fourth-order valence-corrected chi connectivity index (χ4v) is 2.20. The first kappa shape index (κ1) is 15.7. The van der Waals surface area contributed by atoms with Crippen molar-refractivity contribution in [2.75, 3.05) is 0 Å². The Bertz CT molecular complexity index is 367. The third kappa shape index (κ3) is 5.43. The van der Waals surface area contributed by atoms with Gasteiger partial charge in [-0.15, -0.1) is 0 Å². The first-order valence-electron chi connectivity index (χ1n) is 7.17. The Balaban J connectivity index is 2.46. The van der Waals surface area contributed by atoms with Crippen LogP contribution in [0.1, 0.15) is 50.7 Å². The fraction of sp³-hybridized carbons (Fsp3) is 0.562. The van der Waals surface area contributed by atoms with Crippen molar-refractivity contribution in [3.8, 4) is 0 Å². The van der Waals surface area contributed by atoms with Gasteiger partial charge in [-0.05, 0) is 24.0 Å². The Kier molecular flexibility index (Phi) is 7.19. The average Bonchev–Trinajstić information content (AvgIpc) is 2.45. The van der Waals surface area contributed by atoms with E-state index in [1.165, 1.54) is 0 Å². The summed E-state index contributed by atoms with van der Waals surface area (Å²) in [5, 5.41) is 12.0. The number of hydrogen-bond acceptors (Lipinski definition) is 2. The smallest absolute Gasteiger partial charge is 0.223 e. The van der Waals surface area contributed by atoms with Crippen LogP contribution >= 0.6 is 0 Å². The van der Waals surface area contributed by atoms with Crippen LogP contribution in [-0.2, 0) is 17.9 Å². The van der Waals surface area contributed by atoms with Crippen LogP contribution in [-0.4, -0.2) is 11.0 Å². The molecule has 0 aromatic heterocycles. The number of rotatable bonds is 8. The van der Waals surface area contributed by atoms with Crippen molar-refractivity contribution < 1.29 is 9.90 Å². The molecular formula is C16H25NO2. The van der Waals surface area contributed by atoms with Gasteiger partial charge in [0.1, 0.15) is 0 Å². The zero-order chi connectivity index (χ0) is 14.1. The summed E-state index contributed by atoms with van der Waals surface area (Å²) in [5.74, 6) is 0.307. The van der Waals surface area contributed by atoms with E-state index < -0.39 is 0 Å². The number of benzene rings is 1. The van der Waals surface area contributed by atoms with Crippen LogP contribution in [0.4, 0.5) is 0 Å². The van der Waals surface area contributed by atoms with Gasteiger partial charge in [0.25, 0.3) is 0 Å². The van der Waals surface area contributed by atoms with Crippen LogP contribution < -0.4 is 5.32 Å². The lowest BCUT2D eigenvalue weighted by molar-refractivity contribution is -0.125. The van der Waals surface area contributed by atoms with E-state index in [0.29, 0.717) is 6.54 Å². The van der Waals surface area contributed by atoms with Crippen molar-refractivity contribution in [1.82, 2.24) is 5.32 Å². The molecule has 0 spiro atoms. The molecule has 1 rings (SSSR count). The second-order valence-electron chi connectivity index (χ2n) is 4.97. The van der Waals surface area contributed by atoms with Crippen LogP contribution in [0.3, 0.4) is 0 Å². The number of hydrogen-bond donors (Lipinski definition) is 2. The first-order chi connectivity index (χ1) is 9.21. The average molecular weight is 263 g/mol. The van der Waals surface area contributed by atoms with Crippen LogP contribution in [0.2, 0.25) is 0 Å². The summed E-state index contributed by atoms with van der Waals surface area (Å²) in [6, 6.07) is 7.66. The highest BCUT2D eigenvalue weighted by molar-refractivity contribution is 5.78. The summed E-state index contributed by atoms with van der Waals surface area (Å²) in [4.78, 5) is 12.1. The highest BCUT2D eigenvalue weighted by atomic mass is 16.3. The Hall–Kier alpha value is -1.35. The molecule has 1 amide bonds. The second-order valence-corrected chi connectivity index (χ2v) is 4.97. The first-order valence-corrected chi connectivity index (χ1v) is 7.17. The normalized spacial score (nSPS) is 10.7. The van der Waals surface area contributed by atoms with Gasteiger partial charge in [0.15, 0.2) is 0 Å². The minimum Gasteiger partial charge on any atom is -0.392 e. The molecule has 1 aromatic rings. The summed E-state index contributed by atoms with van der Waals surface area (Å²) >= 11 is 0. The Labute approximate surface area is 116 Å². The molecule has 19 heavy (non-hydrogen) atoms. The molecule has 3 heteroatoms. The van der Waals surface area contributed by atoms with Crippen LogP contribution in [0.25, 0.3) is 0 Å². The van der Waals surface area contributed by atoms with Crippen molar-refractivity contribution in [3.05, 3.63) is 35.4 Å². The number of amides is 1. The standard InChI is InChI=1S/C16H25NO2/c1-3-5-15(6-4-2)16(19)17-11-13-7-9-14(12-18)10-8-13/h7-10,15,18H,3-6,11-12H2,1-2H3,(H,17,19). The van der Waals surface area contributed by atoms with E-state index in [9.17, 15) is 4.79 Å². The van der Waals surface area contributed by atoms with E-state index in [0.717, 1.165) is 36.8 Å². The van der Waals surface area contributed by atoms with Crippen molar-refractivity contribution in [2.45, 2.75) is 52.7 Å². The molecule has 0 radical (unpaired) electrons. The number of aliphatic hydroxyl groups excluding tert-OH is 1. The van der Waals surface area contributed by atoms with Gasteiger partial charge in [-0.2, -0.15) is 0 Å². The van der Waals surface area contributed by atoms with E-state index >= 15 is 0 Å². The summed E-state index contributed by atoms with van der Waals surface area (Å²) in [7, 11) is 0. The van der Waals surface area contributed by atoms with Crippen LogP contribution in [0, 0.1) is 5.92 Å². The summed E-state index contributed by atoms with van der Waals surface area (Å²) in [5.41, 5.74) is 1.96. The summed E-state index contributed by atoms with van der Waals surface area (Å²) in [6.07, 6.45) is 4.01. The molecule has 106 valence electrons. The summed E-state index contributed by atoms with van der Waals surface area (Å²) in [6.45, 7) is 4.85. The van der Waals surface area contributed by atoms with Gasteiger partial charge in [0.05, 0.1) is 6.61 Å². The molecule has 0 aliphatic carbocycles. The van der Waals surface area contributed by atoms with Gasteiger partial charge < -0.3 is 10.4 Å². The molecule has 0 saturated heterocycles. The molecule has 0 aliphatic heterocycles. The highest BCUT2D eigenvalue weighted by Gasteiger charge is 2.15. The van der Waals surface area contributed by atoms with Gasteiger partial charge >= 0.3 is 0 Å². The Morgan fingerprint density at radius 2 is 1.63 bits per heavy atom. The number of aliphatic hydroxyl groups is 1. The molecule has 0 saturated carbocycles. The Morgan fingerprint density at radius 3 is 2.11 bits per heavy atom. The lowest BCUT2D eigenvalue weighted by atomic mass is 9.97. The molecule has 0 bridgehead atoms. The van der Waals surface area contributed by atoms with Crippen molar-refractivity contribution in [3.63, 3.8) is 0 Å². The van der Waals surface area contributed by atoms with E-state index in [1.807, 2.05) is 24.3 Å². The van der Waals surface area contributed by atoms with Crippen LogP contribution in [0.5, 0.6) is 0 Å².